The van der Waals surface area contributed by atoms with Crippen LogP contribution in [-0.2, 0) is 9.31 Å². The number of benzene rings is 1. The van der Waals surface area contributed by atoms with Crippen LogP contribution in [0, 0.1) is 6.92 Å². The van der Waals surface area contributed by atoms with Gasteiger partial charge in [0.2, 0.25) is 0 Å². The van der Waals surface area contributed by atoms with Gasteiger partial charge in [0, 0.05) is 12.2 Å². The Balaban J connectivity index is 2.38. The summed E-state index contributed by atoms with van der Waals surface area (Å²) in [5.74, 6) is 0. The SMILES string of the molecule is CNCC(=Cc1c(C)cccc1N)B1OC(C)(C)C(C)(C)O1. The Kier molecular flexibility index (Phi) is 4.71. The van der Waals surface area contributed by atoms with E-state index in [0.29, 0.717) is 6.54 Å². The Bertz CT molecular complexity index is 546. The molecule has 0 saturated carbocycles. The average Bonchev–Trinajstić information content (AvgIpc) is 2.61. The largest absolute Gasteiger partial charge is 0.491 e. The number of anilines is 1. The topological polar surface area (TPSA) is 56.5 Å². The lowest BCUT2D eigenvalue weighted by Gasteiger charge is -2.32. The first kappa shape index (κ1) is 17.1. The maximum atomic E-state index is 6.16. The number of rotatable bonds is 4. The molecule has 1 aliphatic heterocycles. The molecule has 22 heavy (non-hydrogen) atoms. The second kappa shape index (κ2) is 6.07. The van der Waals surface area contributed by atoms with Gasteiger partial charge in [0.1, 0.15) is 0 Å². The standard InChI is InChI=1S/C17H27BN2O2/c1-12-8-7-9-15(19)14(12)10-13(11-20-6)18-21-16(2,3)17(4,5)22-18/h7-10,20H,11,19H2,1-6H3. The summed E-state index contributed by atoms with van der Waals surface area (Å²) in [4.78, 5) is 0. The van der Waals surface area contributed by atoms with Crippen LogP contribution in [0.5, 0.6) is 0 Å². The van der Waals surface area contributed by atoms with Crippen molar-refractivity contribution in [3.05, 3.63) is 34.8 Å². The number of nitrogens with two attached hydrogens (primary N) is 1. The highest BCUT2D eigenvalue weighted by Crippen LogP contribution is 2.39. The first-order valence-corrected chi connectivity index (χ1v) is 7.74. The van der Waals surface area contributed by atoms with Gasteiger partial charge in [-0.05, 0) is 64.3 Å². The summed E-state index contributed by atoms with van der Waals surface area (Å²) in [7, 11) is 1.55. The second-order valence-electron chi connectivity index (χ2n) is 6.92. The summed E-state index contributed by atoms with van der Waals surface area (Å²) in [6.45, 7) is 11.0. The van der Waals surface area contributed by atoms with Gasteiger partial charge in [-0.2, -0.15) is 0 Å². The number of nitrogens with one attached hydrogen (secondary N) is 1. The van der Waals surface area contributed by atoms with E-state index in [9.17, 15) is 0 Å². The smallest absolute Gasteiger partial charge is 0.400 e. The molecule has 0 spiro atoms. The van der Waals surface area contributed by atoms with Gasteiger partial charge in [0.15, 0.2) is 0 Å². The van der Waals surface area contributed by atoms with Gasteiger partial charge in [-0.25, -0.2) is 0 Å². The molecule has 3 N–H and O–H groups in total. The highest BCUT2D eigenvalue weighted by Gasteiger charge is 2.52. The van der Waals surface area contributed by atoms with E-state index in [4.69, 9.17) is 15.0 Å². The van der Waals surface area contributed by atoms with Crippen LogP contribution in [0.1, 0.15) is 38.8 Å². The van der Waals surface area contributed by atoms with E-state index in [1.165, 1.54) is 0 Å². The quantitative estimate of drug-likeness (QED) is 0.663. The van der Waals surface area contributed by atoms with Crippen molar-refractivity contribution in [1.82, 2.24) is 5.32 Å². The highest BCUT2D eigenvalue weighted by molar-refractivity contribution is 6.56. The number of hydrogen-bond acceptors (Lipinski definition) is 4. The van der Waals surface area contributed by atoms with Crippen LogP contribution in [0.25, 0.3) is 6.08 Å². The molecule has 0 aromatic heterocycles. The van der Waals surface area contributed by atoms with Gasteiger partial charge >= 0.3 is 7.12 Å². The molecule has 2 rings (SSSR count). The number of likely N-dealkylation sites (N-methyl/N-ethyl adjacent to an activating group) is 1. The number of hydrogen-bond donors (Lipinski definition) is 2. The number of aryl methyl sites for hydroxylation is 1. The van der Waals surface area contributed by atoms with E-state index in [1.807, 2.05) is 19.2 Å². The Morgan fingerprint density at radius 1 is 1.23 bits per heavy atom. The zero-order valence-electron chi connectivity index (χ0n) is 14.5. The van der Waals surface area contributed by atoms with Gasteiger partial charge in [0.25, 0.3) is 0 Å². The lowest BCUT2D eigenvalue weighted by Crippen LogP contribution is -2.41. The molecule has 0 amide bonds. The lowest BCUT2D eigenvalue weighted by molar-refractivity contribution is 0.00578. The summed E-state index contributed by atoms with van der Waals surface area (Å²) in [6, 6.07) is 5.94. The van der Waals surface area contributed by atoms with E-state index in [-0.39, 0.29) is 18.3 Å². The van der Waals surface area contributed by atoms with E-state index >= 15 is 0 Å². The second-order valence-corrected chi connectivity index (χ2v) is 6.92. The van der Waals surface area contributed by atoms with Crippen LogP contribution in [0.3, 0.4) is 0 Å². The van der Waals surface area contributed by atoms with Crippen LogP contribution in [0.2, 0.25) is 0 Å². The van der Waals surface area contributed by atoms with E-state index in [0.717, 1.165) is 22.3 Å². The minimum Gasteiger partial charge on any atom is -0.400 e. The lowest BCUT2D eigenvalue weighted by atomic mass is 9.76. The fourth-order valence-electron chi connectivity index (χ4n) is 2.49. The normalized spacial score (nSPS) is 20.5. The van der Waals surface area contributed by atoms with Crippen molar-refractivity contribution >= 4 is 18.9 Å². The van der Waals surface area contributed by atoms with Crippen molar-refractivity contribution in [2.24, 2.45) is 0 Å². The molecule has 4 nitrogen and oxygen atoms in total. The van der Waals surface area contributed by atoms with Crippen molar-refractivity contribution in [2.45, 2.75) is 45.8 Å². The van der Waals surface area contributed by atoms with Crippen LogP contribution in [0.15, 0.2) is 23.7 Å². The van der Waals surface area contributed by atoms with E-state index < -0.39 is 0 Å². The molecule has 5 heteroatoms. The fraction of sp³-hybridized carbons (Fsp3) is 0.529. The zero-order chi connectivity index (χ0) is 16.5. The molecule has 1 saturated heterocycles. The number of nitrogen functional groups attached to an aromatic ring is 1. The van der Waals surface area contributed by atoms with E-state index in [2.05, 4.69) is 52.1 Å². The molecule has 0 bridgehead atoms. The summed E-state index contributed by atoms with van der Waals surface area (Å²) >= 11 is 0. The Morgan fingerprint density at radius 2 is 1.82 bits per heavy atom. The Labute approximate surface area is 134 Å². The van der Waals surface area contributed by atoms with Crippen molar-refractivity contribution in [2.75, 3.05) is 19.3 Å². The highest BCUT2D eigenvalue weighted by atomic mass is 16.7. The molecule has 120 valence electrons. The minimum absolute atomic E-state index is 0.345. The molecule has 0 unspecified atom stereocenters. The van der Waals surface area contributed by atoms with Crippen molar-refractivity contribution in [3.8, 4) is 0 Å². The predicted octanol–water partition coefficient (Wildman–Crippen LogP) is 2.81. The molecule has 1 aliphatic rings. The van der Waals surface area contributed by atoms with Crippen LogP contribution in [0.4, 0.5) is 5.69 Å². The molecule has 0 aliphatic carbocycles. The van der Waals surface area contributed by atoms with Gasteiger partial charge in [-0.3, -0.25) is 0 Å². The van der Waals surface area contributed by atoms with Crippen molar-refractivity contribution in [3.63, 3.8) is 0 Å². The summed E-state index contributed by atoms with van der Waals surface area (Å²) in [5.41, 5.74) is 9.42. The molecular weight excluding hydrogens is 275 g/mol. The maximum absolute atomic E-state index is 6.16. The van der Waals surface area contributed by atoms with Crippen LogP contribution >= 0.6 is 0 Å². The molecule has 0 radical (unpaired) electrons. The molecule has 0 atom stereocenters. The third-order valence-corrected chi connectivity index (χ3v) is 4.62. The summed E-state index contributed by atoms with van der Waals surface area (Å²) in [5, 5.41) is 3.19. The van der Waals surface area contributed by atoms with Gasteiger partial charge < -0.3 is 20.4 Å². The van der Waals surface area contributed by atoms with Crippen molar-refractivity contribution in [1.29, 1.82) is 0 Å². The first-order chi connectivity index (χ1) is 10.2. The third-order valence-electron chi connectivity index (χ3n) is 4.62. The first-order valence-electron chi connectivity index (χ1n) is 7.74. The average molecular weight is 302 g/mol. The molecule has 1 fully saturated rings. The maximum Gasteiger partial charge on any atom is 0.491 e. The van der Waals surface area contributed by atoms with Gasteiger partial charge in [0.05, 0.1) is 11.2 Å². The minimum atomic E-state index is -0.364. The Hall–Kier alpha value is -1.30. The van der Waals surface area contributed by atoms with Crippen LogP contribution < -0.4 is 11.1 Å². The van der Waals surface area contributed by atoms with Gasteiger partial charge in [-0.1, -0.05) is 18.2 Å². The Morgan fingerprint density at radius 3 is 2.32 bits per heavy atom. The van der Waals surface area contributed by atoms with E-state index in [1.54, 1.807) is 0 Å². The monoisotopic (exact) mass is 302 g/mol. The molecular formula is C17H27BN2O2. The van der Waals surface area contributed by atoms with Crippen LogP contribution in [-0.4, -0.2) is 31.9 Å². The predicted molar refractivity (Wildman–Crippen MR) is 93.6 cm³/mol. The summed E-state index contributed by atoms with van der Waals surface area (Å²) < 4.78 is 12.3. The molecule has 1 aromatic carbocycles. The summed E-state index contributed by atoms with van der Waals surface area (Å²) in [6.07, 6.45) is 2.09. The zero-order valence-corrected chi connectivity index (χ0v) is 14.5. The molecule has 1 heterocycles. The van der Waals surface area contributed by atoms with Crippen molar-refractivity contribution < 1.29 is 9.31 Å². The van der Waals surface area contributed by atoms with Gasteiger partial charge in [-0.15, -0.1) is 0 Å². The third kappa shape index (κ3) is 3.22. The molecule has 1 aromatic rings. The fourth-order valence-corrected chi connectivity index (χ4v) is 2.49.